The molecule has 1 atom stereocenters. The zero-order valence-corrected chi connectivity index (χ0v) is 15.3. The largest absolute Gasteiger partial charge is 0.445 e. The van der Waals surface area contributed by atoms with Gasteiger partial charge in [-0.25, -0.2) is 9.59 Å². The minimum atomic E-state index is -0.770. The zero-order valence-electron chi connectivity index (χ0n) is 15.3. The normalized spacial score (nSPS) is 15.5. The number of benzene rings is 2. The van der Waals surface area contributed by atoms with Crippen LogP contribution >= 0.6 is 0 Å². The fourth-order valence-corrected chi connectivity index (χ4v) is 3.06. The minimum absolute atomic E-state index is 0.163. The van der Waals surface area contributed by atoms with Crippen LogP contribution in [0.15, 0.2) is 66.2 Å². The number of carbonyl (C=O) groups is 2. The van der Waals surface area contributed by atoms with Crippen molar-refractivity contribution in [2.45, 2.75) is 39.0 Å². The van der Waals surface area contributed by atoms with Crippen molar-refractivity contribution >= 4 is 12.1 Å². The summed E-state index contributed by atoms with van der Waals surface area (Å²) in [6.45, 7) is 1.76. The van der Waals surface area contributed by atoms with Gasteiger partial charge in [-0.1, -0.05) is 60.2 Å². The van der Waals surface area contributed by atoms with Crippen LogP contribution in [0.5, 0.6) is 0 Å². The van der Waals surface area contributed by atoms with Crippen LogP contribution in [0.2, 0.25) is 0 Å². The Balaban J connectivity index is 1.44. The number of ether oxygens (including phenoxy) is 2. The summed E-state index contributed by atoms with van der Waals surface area (Å²) in [5, 5.41) is 2.50. The second-order valence-electron chi connectivity index (χ2n) is 6.53. The highest BCUT2D eigenvalue weighted by Crippen LogP contribution is 2.24. The molecule has 0 saturated carbocycles. The standard InChI is InChI=1S/C22H23NO4/c1-16(23-22(25)26-15-17-7-3-2-4-8-17)27-21(24)14-18-11-12-19-9-5-6-10-20(19)13-18/h2-10,14,16H,11-13,15H2,1H3,(H,23,25)/b18-14-. The number of amides is 1. The monoisotopic (exact) mass is 365 g/mol. The van der Waals surface area contributed by atoms with Crippen molar-refractivity contribution in [1.82, 2.24) is 5.32 Å². The Labute approximate surface area is 159 Å². The highest BCUT2D eigenvalue weighted by molar-refractivity contribution is 5.83. The van der Waals surface area contributed by atoms with E-state index in [0.717, 1.165) is 30.4 Å². The average Bonchev–Trinajstić information content (AvgIpc) is 2.67. The molecule has 0 aliphatic heterocycles. The Bertz CT molecular complexity index is 829. The van der Waals surface area contributed by atoms with Crippen molar-refractivity contribution in [3.05, 3.63) is 82.9 Å². The van der Waals surface area contributed by atoms with Crippen LogP contribution in [0.25, 0.3) is 0 Å². The second kappa shape index (κ2) is 9.03. The number of allylic oxidation sites excluding steroid dienone is 1. The molecule has 5 heteroatoms. The number of carbonyl (C=O) groups excluding carboxylic acids is 2. The molecule has 0 fully saturated rings. The highest BCUT2D eigenvalue weighted by atomic mass is 16.6. The van der Waals surface area contributed by atoms with Gasteiger partial charge < -0.3 is 9.47 Å². The maximum Gasteiger partial charge on any atom is 0.410 e. The molecule has 1 aliphatic rings. The number of aryl methyl sites for hydroxylation is 1. The number of rotatable bonds is 5. The smallest absolute Gasteiger partial charge is 0.410 e. The van der Waals surface area contributed by atoms with E-state index in [1.165, 1.54) is 17.2 Å². The molecule has 0 aromatic heterocycles. The maximum atomic E-state index is 12.1. The molecule has 1 unspecified atom stereocenters. The van der Waals surface area contributed by atoms with Gasteiger partial charge in [0, 0.05) is 6.08 Å². The van der Waals surface area contributed by atoms with E-state index in [1.54, 1.807) is 6.92 Å². The van der Waals surface area contributed by atoms with Gasteiger partial charge in [-0.2, -0.15) is 0 Å². The molecule has 2 aromatic rings. The summed E-state index contributed by atoms with van der Waals surface area (Å²) in [5.41, 5.74) is 4.51. The molecule has 0 bridgehead atoms. The third-order valence-electron chi connectivity index (χ3n) is 4.40. The SMILES string of the molecule is CC(NC(=O)OCc1ccccc1)OC(=O)/C=C1/CCc2ccccc2C1. The van der Waals surface area contributed by atoms with Gasteiger partial charge in [0.25, 0.3) is 0 Å². The molecule has 140 valence electrons. The van der Waals surface area contributed by atoms with Gasteiger partial charge in [-0.05, 0) is 42.9 Å². The Morgan fingerprint density at radius 3 is 2.52 bits per heavy atom. The predicted octanol–water partition coefficient (Wildman–Crippen LogP) is 3.92. The Hall–Kier alpha value is -3.08. The molecule has 0 saturated heterocycles. The van der Waals surface area contributed by atoms with Crippen LogP contribution in [-0.2, 0) is 33.7 Å². The summed E-state index contributed by atoms with van der Waals surface area (Å²) in [7, 11) is 0. The number of hydrogen-bond donors (Lipinski definition) is 1. The van der Waals surface area contributed by atoms with Crippen LogP contribution in [-0.4, -0.2) is 18.3 Å². The highest BCUT2D eigenvalue weighted by Gasteiger charge is 2.16. The second-order valence-corrected chi connectivity index (χ2v) is 6.53. The molecule has 3 rings (SSSR count). The van der Waals surface area contributed by atoms with Gasteiger partial charge >= 0.3 is 12.1 Å². The number of esters is 1. The van der Waals surface area contributed by atoms with E-state index in [-0.39, 0.29) is 6.61 Å². The first kappa shape index (κ1) is 18.7. The van der Waals surface area contributed by atoms with Crippen LogP contribution < -0.4 is 5.32 Å². The average molecular weight is 365 g/mol. The molecule has 27 heavy (non-hydrogen) atoms. The Morgan fingerprint density at radius 2 is 1.74 bits per heavy atom. The summed E-state index contributed by atoms with van der Waals surface area (Å²) in [4.78, 5) is 23.9. The van der Waals surface area contributed by atoms with Crippen LogP contribution in [0.3, 0.4) is 0 Å². The van der Waals surface area contributed by atoms with Crippen molar-refractivity contribution in [3.63, 3.8) is 0 Å². The first-order chi connectivity index (χ1) is 13.1. The summed E-state index contributed by atoms with van der Waals surface area (Å²) < 4.78 is 10.3. The fraction of sp³-hybridized carbons (Fsp3) is 0.273. The lowest BCUT2D eigenvalue weighted by molar-refractivity contribution is -0.143. The maximum absolute atomic E-state index is 12.1. The summed E-state index contributed by atoms with van der Waals surface area (Å²) in [5.74, 6) is -0.458. The predicted molar refractivity (Wildman–Crippen MR) is 102 cm³/mol. The van der Waals surface area contributed by atoms with Gasteiger partial charge in [0.2, 0.25) is 0 Å². The van der Waals surface area contributed by atoms with E-state index in [4.69, 9.17) is 9.47 Å². The van der Waals surface area contributed by atoms with E-state index in [2.05, 4.69) is 17.4 Å². The molecule has 1 N–H and O–H groups in total. The van der Waals surface area contributed by atoms with E-state index < -0.39 is 18.3 Å². The van der Waals surface area contributed by atoms with Crippen molar-refractivity contribution < 1.29 is 19.1 Å². The van der Waals surface area contributed by atoms with E-state index in [1.807, 2.05) is 42.5 Å². The Morgan fingerprint density at radius 1 is 1.04 bits per heavy atom. The van der Waals surface area contributed by atoms with Crippen molar-refractivity contribution in [3.8, 4) is 0 Å². The number of alkyl carbamates (subject to hydrolysis) is 1. The van der Waals surface area contributed by atoms with Gasteiger partial charge in [0.1, 0.15) is 6.61 Å². The molecular formula is C22H23NO4. The third-order valence-corrected chi connectivity index (χ3v) is 4.40. The first-order valence-corrected chi connectivity index (χ1v) is 9.04. The molecule has 0 spiro atoms. The van der Waals surface area contributed by atoms with E-state index in [9.17, 15) is 9.59 Å². The molecule has 5 nitrogen and oxygen atoms in total. The lowest BCUT2D eigenvalue weighted by Gasteiger charge is -2.19. The molecule has 0 heterocycles. The van der Waals surface area contributed by atoms with Crippen LogP contribution in [0, 0.1) is 0 Å². The molecule has 1 aliphatic carbocycles. The van der Waals surface area contributed by atoms with Gasteiger partial charge in [0.05, 0.1) is 0 Å². The molecular weight excluding hydrogens is 342 g/mol. The van der Waals surface area contributed by atoms with Gasteiger partial charge in [-0.3, -0.25) is 5.32 Å². The number of nitrogens with one attached hydrogen (secondary N) is 1. The first-order valence-electron chi connectivity index (χ1n) is 9.04. The lowest BCUT2D eigenvalue weighted by atomic mass is 9.88. The summed E-state index contributed by atoms with van der Waals surface area (Å²) >= 11 is 0. The number of fused-ring (bicyclic) bond motifs is 1. The molecule has 2 aromatic carbocycles. The molecule has 0 radical (unpaired) electrons. The van der Waals surface area contributed by atoms with Gasteiger partial charge in [0.15, 0.2) is 6.23 Å². The third kappa shape index (κ3) is 5.71. The topological polar surface area (TPSA) is 64.6 Å². The Kier molecular flexibility index (Phi) is 6.26. The zero-order chi connectivity index (χ0) is 19.1. The van der Waals surface area contributed by atoms with Crippen molar-refractivity contribution in [2.75, 3.05) is 0 Å². The van der Waals surface area contributed by atoms with Crippen LogP contribution in [0.1, 0.15) is 30.0 Å². The quantitative estimate of drug-likeness (QED) is 0.496. The summed E-state index contributed by atoms with van der Waals surface area (Å²) in [6.07, 6.45) is 2.66. The van der Waals surface area contributed by atoms with Gasteiger partial charge in [-0.15, -0.1) is 0 Å². The summed E-state index contributed by atoms with van der Waals surface area (Å²) in [6, 6.07) is 17.6. The number of hydrogen-bond acceptors (Lipinski definition) is 4. The molecule has 1 amide bonds. The van der Waals surface area contributed by atoms with Crippen molar-refractivity contribution in [2.24, 2.45) is 0 Å². The van der Waals surface area contributed by atoms with E-state index >= 15 is 0 Å². The van der Waals surface area contributed by atoms with Crippen LogP contribution in [0.4, 0.5) is 4.79 Å². The fourth-order valence-electron chi connectivity index (χ4n) is 3.06. The van der Waals surface area contributed by atoms with Crippen molar-refractivity contribution in [1.29, 1.82) is 0 Å². The lowest BCUT2D eigenvalue weighted by Crippen LogP contribution is -2.36. The minimum Gasteiger partial charge on any atom is -0.445 e. The van der Waals surface area contributed by atoms with E-state index in [0.29, 0.717) is 0 Å².